The monoisotopic (exact) mass is 326 g/mol. The Morgan fingerprint density at radius 1 is 1.08 bits per heavy atom. The van der Waals surface area contributed by atoms with Gasteiger partial charge in [-0.15, -0.1) is 0 Å². The molecule has 5 heteroatoms. The number of nitrogens with two attached hydrogens (primary N) is 1. The molecule has 24 heavy (non-hydrogen) atoms. The molecule has 0 aliphatic rings. The van der Waals surface area contributed by atoms with E-state index in [4.69, 9.17) is 10.5 Å². The number of benzene rings is 2. The molecule has 2 aromatic carbocycles. The summed E-state index contributed by atoms with van der Waals surface area (Å²) in [7, 11) is 0. The largest absolute Gasteiger partial charge is 0.494 e. The Morgan fingerprint density at radius 2 is 1.75 bits per heavy atom. The summed E-state index contributed by atoms with van der Waals surface area (Å²) in [5, 5.41) is 2.67. The molecule has 5 nitrogen and oxygen atoms in total. The maximum Gasteiger partial charge on any atom is 0.252 e. The van der Waals surface area contributed by atoms with Crippen molar-refractivity contribution in [1.82, 2.24) is 5.32 Å². The number of carbonyl (C=O) groups is 2. The van der Waals surface area contributed by atoms with Gasteiger partial charge in [0.1, 0.15) is 11.8 Å². The van der Waals surface area contributed by atoms with Gasteiger partial charge < -0.3 is 15.8 Å². The van der Waals surface area contributed by atoms with Crippen LogP contribution >= 0.6 is 0 Å². The summed E-state index contributed by atoms with van der Waals surface area (Å²) in [6, 6.07) is 14.9. The van der Waals surface area contributed by atoms with E-state index < -0.39 is 11.9 Å². The van der Waals surface area contributed by atoms with E-state index in [-0.39, 0.29) is 5.91 Å². The highest BCUT2D eigenvalue weighted by Gasteiger charge is 2.20. The minimum absolute atomic E-state index is 0.359. The second-order valence-electron chi connectivity index (χ2n) is 5.45. The first kappa shape index (κ1) is 17.5. The molecule has 0 radical (unpaired) electrons. The quantitative estimate of drug-likeness (QED) is 0.732. The Bertz CT molecular complexity index is 669. The molecule has 0 saturated heterocycles. The van der Waals surface area contributed by atoms with Gasteiger partial charge in [-0.1, -0.05) is 43.7 Å². The fourth-order valence-electron chi connectivity index (χ4n) is 2.22. The fourth-order valence-corrected chi connectivity index (χ4v) is 2.22. The fraction of sp³-hybridized carbons (Fsp3) is 0.263. The first-order valence-corrected chi connectivity index (χ1v) is 7.99. The number of nitrogens with one attached hydrogen (secondary N) is 1. The molecule has 3 N–H and O–H groups in total. The molecule has 0 spiro atoms. The lowest BCUT2D eigenvalue weighted by Gasteiger charge is -2.16. The van der Waals surface area contributed by atoms with Gasteiger partial charge in [-0.2, -0.15) is 0 Å². The Kier molecular flexibility index (Phi) is 6.37. The third-order valence-electron chi connectivity index (χ3n) is 3.58. The van der Waals surface area contributed by atoms with Crippen LogP contribution < -0.4 is 15.8 Å². The first-order valence-electron chi connectivity index (χ1n) is 7.99. The van der Waals surface area contributed by atoms with Crippen molar-refractivity contribution in [3.63, 3.8) is 0 Å². The molecule has 0 saturated carbocycles. The van der Waals surface area contributed by atoms with Gasteiger partial charge in [0.25, 0.3) is 5.91 Å². The van der Waals surface area contributed by atoms with Gasteiger partial charge in [-0.05, 0) is 36.2 Å². The van der Waals surface area contributed by atoms with Crippen molar-refractivity contribution < 1.29 is 14.3 Å². The zero-order valence-corrected chi connectivity index (χ0v) is 13.7. The van der Waals surface area contributed by atoms with E-state index >= 15 is 0 Å². The second kappa shape index (κ2) is 8.72. The Labute approximate surface area is 141 Å². The highest BCUT2D eigenvalue weighted by molar-refractivity contribution is 5.97. The number of hydrogen-bond donors (Lipinski definition) is 2. The molecule has 0 fully saturated rings. The predicted molar refractivity (Wildman–Crippen MR) is 92.7 cm³/mol. The average Bonchev–Trinajstić information content (AvgIpc) is 2.61. The van der Waals surface area contributed by atoms with Gasteiger partial charge in [-0.25, -0.2) is 0 Å². The normalized spacial score (nSPS) is 11.5. The summed E-state index contributed by atoms with van der Waals surface area (Å²) in [6.45, 7) is 2.75. The van der Waals surface area contributed by atoms with E-state index in [2.05, 4.69) is 12.2 Å². The van der Waals surface area contributed by atoms with Gasteiger partial charge in [0.05, 0.1) is 6.61 Å². The zero-order valence-electron chi connectivity index (χ0n) is 13.7. The predicted octanol–water partition coefficient (Wildman–Crippen LogP) is 2.82. The summed E-state index contributed by atoms with van der Waals surface area (Å²) < 4.78 is 5.56. The SMILES string of the molecule is CCCCOc1ccc(C(=O)NC(C(N)=O)c2ccccc2)cc1. The minimum atomic E-state index is -0.862. The van der Waals surface area contributed by atoms with E-state index in [0.717, 1.165) is 18.6 Å². The first-order chi connectivity index (χ1) is 11.6. The van der Waals surface area contributed by atoms with Crippen molar-refractivity contribution >= 4 is 11.8 Å². The third-order valence-corrected chi connectivity index (χ3v) is 3.58. The molecule has 2 amide bonds. The molecular formula is C19H22N2O3. The van der Waals surface area contributed by atoms with Crippen LogP contribution in [0.3, 0.4) is 0 Å². The number of primary amides is 1. The molecule has 1 atom stereocenters. The lowest BCUT2D eigenvalue weighted by Crippen LogP contribution is -2.37. The van der Waals surface area contributed by atoms with Crippen molar-refractivity contribution in [3.05, 3.63) is 65.7 Å². The van der Waals surface area contributed by atoms with Crippen molar-refractivity contribution in [2.45, 2.75) is 25.8 Å². The van der Waals surface area contributed by atoms with Gasteiger partial charge in [-0.3, -0.25) is 9.59 Å². The van der Waals surface area contributed by atoms with Gasteiger partial charge in [0, 0.05) is 5.56 Å². The minimum Gasteiger partial charge on any atom is -0.494 e. The van der Waals surface area contributed by atoms with Crippen LogP contribution in [0.5, 0.6) is 5.75 Å². The van der Waals surface area contributed by atoms with Gasteiger partial charge in [0.15, 0.2) is 0 Å². The number of rotatable bonds is 8. The standard InChI is InChI=1S/C19H22N2O3/c1-2-3-13-24-16-11-9-15(10-12-16)19(23)21-17(18(20)22)14-7-5-4-6-8-14/h4-12,17H,2-3,13H2,1H3,(H2,20,22)(H,21,23). The molecule has 0 aromatic heterocycles. The van der Waals surface area contributed by atoms with Crippen molar-refractivity contribution in [2.24, 2.45) is 5.73 Å². The maximum atomic E-state index is 12.3. The topological polar surface area (TPSA) is 81.4 Å². The van der Waals surface area contributed by atoms with Crippen molar-refractivity contribution in [3.8, 4) is 5.75 Å². The summed E-state index contributed by atoms with van der Waals surface area (Å²) in [5.41, 5.74) is 6.51. The molecule has 0 bridgehead atoms. The van der Waals surface area contributed by atoms with Crippen LogP contribution in [-0.4, -0.2) is 18.4 Å². The van der Waals surface area contributed by atoms with Gasteiger partial charge >= 0.3 is 0 Å². The van der Waals surface area contributed by atoms with Crippen LogP contribution in [0, 0.1) is 0 Å². The van der Waals surface area contributed by atoms with Gasteiger partial charge in [0.2, 0.25) is 5.91 Å². The second-order valence-corrected chi connectivity index (χ2v) is 5.45. The summed E-state index contributed by atoms with van der Waals surface area (Å²) in [4.78, 5) is 24.0. The average molecular weight is 326 g/mol. The zero-order chi connectivity index (χ0) is 17.4. The Balaban J connectivity index is 2.03. The van der Waals surface area contributed by atoms with Crippen molar-refractivity contribution in [1.29, 1.82) is 0 Å². The van der Waals surface area contributed by atoms with E-state index in [0.29, 0.717) is 17.7 Å². The van der Waals surface area contributed by atoms with E-state index in [1.807, 2.05) is 6.07 Å². The molecule has 0 aliphatic heterocycles. The number of ether oxygens (including phenoxy) is 1. The molecule has 0 heterocycles. The number of unbranched alkanes of at least 4 members (excludes halogenated alkanes) is 1. The molecule has 2 rings (SSSR count). The van der Waals surface area contributed by atoms with Crippen LogP contribution in [0.2, 0.25) is 0 Å². The molecule has 0 aliphatic carbocycles. The number of carbonyl (C=O) groups excluding carboxylic acids is 2. The molecule has 2 aromatic rings. The number of hydrogen-bond acceptors (Lipinski definition) is 3. The number of amides is 2. The highest BCUT2D eigenvalue weighted by atomic mass is 16.5. The summed E-state index contributed by atoms with van der Waals surface area (Å²) >= 11 is 0. The Morgan fingerprint density at radius 3 is 2.33 bits per heavy atom. The van der Waals surface area contributed by atoms with Crippen LogP contribution in [0.25, 0.3) is 0 Å². The maximum absolute atomic E-state index is 12.3. The lowest BCUT2D eigenvalue weighted by molar-refractivity contribution is -0.120. The summed E-state index contributed by atoms with van der Waals surface area (Å²) in [6.07, 6.45) is 2.05. The van der Waals surface area contributed by atoms with E-state index in [1.54, 1.807) is 48.5 Å². The Hall–Kier alpha value is -2.82. The van der Waals surface area contributed by atoms with Crippen molar-refractivity contribution in [2.75, 3.05) is 6.61 Å². The lowest BCUT2D eigenvalue weighted by atomic mass is 10.1. The van der Waals surface area contributed by atoms with Crippen LogP contribution in [-0.2, 0) is 4.79 Å². The van der Waals surface area contributed by atoms with Crippen LogP contribution in [0.4, 0.5) is 0 Å². The third kappa shape index (κ3) is 4.84. The smallest absolute Gasteiger partial charge is 0.252 e. The van der Waals surface area contributed by atoms with E-state index in [1.165, 1.54) is 0 Å². The summed E-state index contributed by atoms with van der Waals surface area (Å²) in [5.74, 6) is -0.244. The molecule has 126 valence electrons. The van der Waals surface area contributed by atoms with Crippen LogP contribution in [0.15, 0.2) is 54.6 Å². The highest BCUT2D eigenvalue weighted by Crippen LogP contribution is 2.16. The molecule has 1 unspecified atom stereocenters. The van der Waals surface area contributed by atoms with Crippen LogP contribution in [0.1, 0.15) is 41.7 Å². The molecular weight excluding hydrogens is 304 g/mol. The van der Waals surface area contributed by atoms with E-state index in [9.17, 15) is 9.59 Å².